The van der Waals surface area contributed by atoms with Crippen molar-refractivity contribution in [2.75, 3.05) is 0 Å². The van der Waals surface area contributed by atoms with Gasteiger partial charge < -0.3 is 4.74 Å². The van der Waals surface area contributed by atoms with E-state index in [2.05, 4.69) is 15.9 Å². The van der Waals surface area contributed by atoms with Crippen LogP contribution in [0.25, 0.3) is 11.4 Å². The highest BCUT2D eigenvalue weighted by Crippen LogP contribution is 2.34. The Morgan fingerprint density at radius 1 is 0.644 bits per heavy atom. The van der Waals surface area contributed by atoms with E-state index in [9.17, 15) is 14.4 Å². The van der Waals surface area contributed by atoms with Crippen LogP contribution in [0.15, 0.2) is 123 Å². The number of benzene rings is 4. The number of carbonyl (C=O) groups excluding carboxylic acids is 1. The van der Waals surface area contributed by atoms with Crippen LogP contribution in [0.2, 0.25) is 0 Å². The van der Waals surface area contributed by atoms with Crippen LogP contribution >= 0.6 is 15.9 Å². The van der Waals surface area contributed by atoms with Gasteiger partial charge in [-0.25, -0.2) is 14.2 Å². The lowest BCUT2D eigenvalue weighted by molar-refractivity contribution is 0.0734. The molecular formula is C36H31BrN4O4. The molecule has 0 N–H and O–H groups in total. The van der Waals surface area contributed by atoms with Gasteiger partial charge in [-0.05, 0) is 80.1 Å². The number of aromatic nitrogens is 4. The summed E-state index contributed by atoms with van der Waals surface area (Å²) in [7, 11) is 3.68. The zero-order valence-corrected chi connectivity index (χ0v) is 26.9. The van der Waals surface area contributed by atoms with Crippen molar-refractivity contribution in [1.29, 1.82) is 0 Å². The number of carbonyl (C=O) groups is 1. The number of ether oxygens (including phenoxy) is 1. The lowest BCUT2D eigenvalue weighted by atomic mass is 9.85. The molecule has 0 aliphatic heterocycles. The molecule has 0 amide bonds. The molecule has 0 aliphatic rings. The van der Waals surface area contributed by atoms with Gasteiger partial charge in [0.15, 0.2) is 0 Å². The van der Waals surface area contributed by atoms with Crippen molar-refractivity contribution in [1.82, 2.24) is 18.7 Å². The number of esters is 1. The first-order valence-corrected chi connectivity index (χ1v) is 15.2. The molecule has 2 aromatic heterocycles. The Kier molecular flexibility index (Phi) is 8.03. The Morgan fingerprint density at radius 2 is 1.09 bits per heavy atom. The van der Waals surface area contributed by atoms with Gasteiger partial charge in [0.05, 0.1) is 28.1 Å². The lowest BCUT2D eigenvalue weighted by Crippen LogP contribution is -2.26. The lowest BCUT2D eigenvalue weighted by Gasteiger charge is -2.17. The second kappa shape index (κ2) is 12.1. The van der Waals surface area contributed by atoms with Crippen LogP contribution in [0, 0.1) is 13.8 Å². The average Bonchev–Trinajstić information content (AvgIpc) is 3.41. The molecule has 0 saturated carbocycles. The highest BCUT2D eigenvalue weighted by atomic mass is 79.9. The zero-order valence-electron chi connectivity index (χ0n) is 25.3. The molecule has 0 unspecified atom stereocenters. The van der Waals surface area contributed by atoms with Gasteiger partial charge in [-0.1, -0.05) is 64.5 Å². The van der Waals surface area contributed by atoms with E-state index in [0.29, 0.717) is 22.4 Å². The van der Waals surface area contributed by atoms with Crippen LogP contribution in [0.4, 0.5) is 0 Å². The molecule has 0 atom stereocenters. The largest absolute Gasteiger partial charge is 0.423 e. The summed E-state index contributed by atoms with van der Waals surface area (Å²) >= 11 is 3.38. The molecule has 0 bridgehead atoms. The summed E-state index contributed by atoms with van der Waals surface area (Å²) in [4.78, 5) is 41.4. The first-order chi connectivity index (χ1) is 21.7. The highest BCUT2D eigenvalue weighted by molar-refractivity contribution is 9.10. The van der Waals surface area contributed by atoms with Crippen LogP contribution < -0.4 is 15.9 Å². The van der Waals surface area contributed by atoms with Crippen molar-refractivity contribution >= 4 is 21.9 Å². The molecule has 9 heteroatoms. The fourth-order valence-electron chi connectivity index (χ4n) is 5.80. The van der Waals surface area contributed by atoms with Crippen molar-refractivity contribution in [3.8, 4) is 17.1 Å². The van der Waals surface area contributed by atoms with Gasteiger partial charge in [0.1, 0.15) is 5.75 Å². The summed E-state index contributed by atoms with van der Waals surface area (Å²) < 4.78 is 13.4. The third kappa shape index (κ3) is 5.40. The van der Waals surface area contributed by atoms with E-state index in [4.69, 9.17) is 4.74 Å². The quantitative estimate of drug-likeness (QED) is 0.146. The molecule has 6 rings (SSSR count). The van der Waals surface area contributed by atoms with Crippen molar-refractivity contribution in [2.24, 2.45) is 14.1 Å². The molecule has 226 valence electrons. The van der Waals surface area contributed by atoms with E-state index in [1.54, 1.807) is 45.8 Å². The Labute approximate surface area is 268 Å². The third-order valence-electron chi connectivity index (χ3n) is 8.28. The van der Waals surface area contributed by atoms with Crippen LogP contribution in [-0.2, 0) is 14.1 Å². The monoisotopic (exact) mass is 662 g/mol. The number of rotatable bonds is 7. The standard InChI is InChI=1S/C36H31BrN4O4/c1-23-31(34(42)40(38(23)3)28-11-7-5-8-12-28)33(32-24(2)39(4)41(35(32)43)29-13-9-6-10-14-29)25-17-21-30(22-18-25)45-36(44)26-15-19-27(37)20-16-26/h5-22,33H,1-4H3. The second-order valence-electron chi connectivity index (χ2n) is 10.8. The number of nitrogens with zero attached hydrogens (tertiary/aromatic N) is 4. The van der Waals surface area contributed by atoms with Crippen LogP contribution in [0.3, 0.4) is 0 Å². The SMILES string of the molecule is Cc1c(C(c2ccc(OC(=O)c3ccc(Br)cc3)cc2)c2c(C)n(C)n(-c3ccccc3)c2=O)c(=O)n(-c2ccccc2)n1C. The van der Waals surface area contributed by atoms with Gasteiger partial charge >= 0.3 is 5.97 Å². The van der Waals surface area contributed by atoms with Crippen LogP contribution in [-0.4, -0.2) is 24.7 Å². The Bertz CT molecular complexity index is 2020. The molecule has 6 aromatic rings. The molecule has 0 aliphatic carbocycles. The van der Waals surface area contributed by atoms with Gasteiger partial charge in [0.2, 0.25) is 0 Å². The fraction of sp³-hybridized carbons (Fsp3) is 0.139. The van der Waals surface area contributed by atoms with E-state index in [-0.39, 0.29) is 11.1 Å². The first kappa shape index (κ1) is 29.9. The van der Waals surface area contributed by atoms with Crippen LogP contribution in [0.5, 0.6) is 5.75 Å². The van der Waals surface area contributed by atoms with E-state index in [1.165, 1.54) is 0 Å². The summed E-state index contributed by atoms with van der Waals surface area (Å²) in [6.45, 7) is 3.79. The Hall–Kier alpha value is -5.15. The molecule has 2 heterocycles. The summed E-state index contributed by atoms with van der Waals surface area (Å²) in [5, 5.41) is 0. The average molecular weight is 664 g/mol. The van der Waals surface area contributed by atoms with Gasteiger partial charge in [0, 0.05) is 35.9 Å². The number of para-hydroxylation sites is 2. The maximum atomic E-state index is 14.3. The molecule has 4 aromatic carbocycles. The van der Waals surface area contributed by atoms with Crippen molar-refractivity contribution in [2.45, 2.75) is 19.8 Å². The molecule has 0 radical (unpaired) electrons. The van der Waals surface area contributed by atoms with Gasteiger partial charge in [0.25, 0.3) is 11.1 Å². The first-order valence-electron chi connectivity index (χ1n) is 14.4. The zero-order chi connectivity index (χ0) is 31.8. The minimum atomic E-state index is -0.700. The highest BCUT2D eigenvalue weighted by Gasteiger charge is 2.33. The van der Waals surface area contributed by atoms with Crippen molar-refractivity contribution in [3.63, 3.8) is 0 Å². The second-order valence-corrected chi connectivity index (χ2v) is 11.8. The van der Waals surface area contributed by atoms with E-state index in [1.807, 2.05) is 110 Å². The Morgan fingerprint density at radius 3 is 1.53 bits per heavy atom. The van der Waals surface area contributed by atoms with Crippen molar-refractivity contribution in [3.05, 3.63) is 168 Å². The minimum absolute atomic E-state index is 0.217. The summed E-state index contributed by atoms with van der Waals surface area (Å²) in [5.74, 6) is -0.835. The molecule has 0 spiro atoms. The molecular weight excluding hydrogens is 632 g/mol. The molecule has 45 heavy (non-hydrogen) atoms. The summed E-state index contributed by atoms with van der Waals surface area (Å²) in [5.41, 5.74) is 4.59. The minimum Gasteiger partial charge on any atom is -0.423 e. The molecule has 0 fully saturated rings. The van der Waals surface area contributed by atoms with Gasteiger partial charge in [-0.15, -0.1) is 0 Å². The topological polar surface area (TPSA) is 80.2 Å². The number of hydrogen-bond acceptors (Lipinski definition) is 4. The van der Waals surface area contributed by atoms with Gasteiger partial charge in [-0.2, -0.15) is 0 Å². The Balaban J connectivity index is 1.51. The normalized spacial score (nSPS) is 11.2. The summed E-state index contributed by atoms with van der Waals surface area (Å²) in [6, 6.07) is 32.8. The van der Waals surface area contributed by atoms with E-state index < -0.39 is 11.9 Å². The predicted molar refractivity (Wildman–Crippen MR) is 178 cm³/mol. The fourth-order valence-corrected chi connectivity index (χ4v) is 6.07. The number of hydrogen-bond donors (Lipinski definition) is 0. The summed E-state index contributed by atoms with van der Waals surface area (Å²) in [6.07, 6.45) is 0. The number of halogens is 1. The molecule has 8 nitrogen and oxygen atoms in total. The van der Waals surface area contributed by atoms with Crippen LogP contribution in [0.1, 0.15) is 44.4 Å². The van der Waals surface area contributed by atoms with Gasteiger partial charge in [-0.3, -0.25) is 19.0 Å². The van der Waals surface area contributed by atoms with E-state index in [0.717, 1.165) is 32.8 Å². The smallest absolute Gasteiger partial charge is 0.343 e. The predicted octanol–water partition coefficient (Wildman–Crippen LogP) is 6.44. The van der Waals surface area contributed by atoms with Crippen molar-refractivity contribution < 1.29 is 9.53 Å². The van der Waals surface area contributed by atoms with E-state index >= 15 is 0 Å². The third-order valence-corrected chi connectivity index (χ3v) is 8.81. The molecule has 0 saturated heterocycles. The maximum Gasteiger partial charge on any atom is 0.343 e. The maximum absolute atomic E-state index is 14.3.